The molecular formula is C17H12F3NO2S. The van der Waals surface area contributed by atoms with Crippen molar-refractivity contribution in [2.45, 2.75) is 23.3 Å². The van der Waals surface area contributed by atoms with Crippen LogP contribution in [0.4, 0.5) is 13.2 Å². The van der Waals surface area contributed by atoms with Gasteiger partial charge in [-0.05, 0) is 30.5 Å². The third-order valence-corrected chi connectivity index (χ3v) is 4.60. The quantitative estimate of drug-likeness (QED) is 0.831. The minimum absolute atomic E-state index is 0.0374. The molecule has 1 aliphatic rings. The summed E-state index contributed by atoms with van der Waals surface area (Å²) in [7, 11) is 0. The number of aliphatic hydroxyl groups is 1. The molecule has 0 heterocycles. The van der Waals surface area contributed by atoms with Crippen LogP contribution in [0.2, 0.25) is 0 Å². The fourth-order valence-corrected chi connectivity index (χ4v) is 3.39. The molecule has 0 saturated carbocycles. The molecule has 0 aliphatic heterocycles. The second-order valence-electron chi connectivity index (χ2n) is 5.39. The van der Waals surface area contributed by atoms with Crippen LogP contribution in [-0.2, 0) is 6.42 Å². The Bertz CT molecular complexity index is 848. The maximum Gasteiger partial charge on any atom is 0.281 e. The van der Waals surface area contributed by atoms with Crippen LogP contribution < -0.4 is 4.74 Å². The Morgan fingerprint density at radius 2 is 2.08 bits per heavy atom. The number of hydrogen-bond donors (Lipinski definition) is 1. The molecule has 3 nitrogen and oxygen atoms in total. The number of benzene rings is 2. The first-order chi connectivity index (χ1) is 11.4. The number of ether oxygens (including phenoxy) is 1. The average Bonchev–Trinajstić information content (AvgIpc) is 2.78. The molecule has 1 atom stereocenters. The lowest BCUT2D eigenvalue weighted by molar-refractivity contribution is -0.0976. The number of alkyl halides is 2. The van der Waals surface area contributed by atoms with Gasteiger partial charge in [0.2, 0.25) is 0 Å². The van der Waals surface area contributed by atoms with Crippen LogP contribution >= 0.6 is 11.8 Å². The standard InChI is InChI=1S/C17H12F3NO2S/c1-24-14-3-2-13(12-7-17(19,20)16(22)15(12)14)23-11-5-9(8-21)4-10(18)6-11/h2-6,16,22H,7H2,1H3. The van der Waals surface area contributed by atoms with E-state index in [1.165, 1.54) is 23.9 Å². The Hall–Kier alpha value is -2.17. The molecule has 7 heteroatoms. The second kappa shape index (κ2) is 6.04. The predicted molar refractivity (Wildman–Crippen MR) is 83.0 cm³/mol. The van der Waals surface area contributed by atoms with Gasteiger partial charge in [-0.3, -0.25) is 0 Å². The maximum atomic E-state index is 13.9. The van der Waals surface area contributed by atoms with Crippen molar-refractivity contribution in [2.75, 3.05) is 6.26 Å². The summed E-state index contributed by atoms with van der Waals surface area (Å²) in [6.45, 7) is 0. The van der Waals surface area contributed by atoms with Gasteiger partial charge in [-0.1, -0.05) is 0 Å². The molecule has 3 rings (SSSR count). The van der Waals surface area contributed by atoms with E-state index >= 15 is 0 Å². The summed E-state index contributed by atoms with van der Waals surface area (Å²) in [6.07, 6.45) is -0.834. The zero-order chi connectivity index (χ0) is 17.5. The van der Waals surface area contributed by atoms with Crippen molar-refractivity contribution in [3.63, 3.8) is 0 Å². The molecule has 0 spiro atoms. The van der Waals surface area contributed by atoms with Gasteiger partial charge < -0.3 is 9.84 Å². The van der Waals surface area contributed by atoms with Crippen molar-refractivity contribution in [2.24, 2.45) is 0 Å². The van der Waals surface area contributed by atoms with Gasteiger partial charge in [-0.2, -0.15) is 5.26 Å². The molecule has 0 bridgehead atoms. The van der Waals surface area contributed by atoms with E-state index in [0.29, 0.717) is 4.90 Å². The van der Waals surface area contributed by atoms with Gasteiger partial charge in [0.1, 0.15) is 23.4 Å². The van der Waals surface area contributed by atoms with Crippen molar-refractivity contribution >= 4 is 11.8 Å². The fourth-order valence-electron chi connectivity index (χ4n) is 2.74. The lowest BCUT2D eigenvalue weighted by Gasteiger charge is -2.15. The Morgan fingerprint density at radius 1 is 1.33 bits per heavy atom. The number of nitrogens with zero attached hydrogens (tertiary/aromatic N) is 1. The number of fused-ring (bicyclic) bond motifs is 1. The van der Waals surface area contributed by atoms with Crippen LogP contribution in [0.1, 0.15) is 22.8 Å². The van der Waals surface area contributed by atoms with Gasteiger partial charge in [-0.15, -0.1) is 11.8 Å². The van der Waals surface area contributed by atoms with Crippen molar-refractivity contribution in [1.29, 1.82) is 5.26 Å². The van der Waals surface area contributed by atoms with E-state index in [1.54, 1.807) is 18.4 Å². The van der Waals surface area contributed by atoms with E-state index in [9.17, 15) is 18.3 Å². The second-order valence-corrected chi connectivity index (χ2v) is 6.24. The van der Waals surface area contributed by atoms with Gasteiger partial charge in [-0.25, -0.2) is 13.2 Å². The predicted octanol–water partition coefficient (Wildman–Crippen LogP) is 4.44. The van der Waals surface area contributed by atoms with E-state index in [2.05, 4.69) is 0 Å². The monoisotopic (exact) mass is 351 g/mol. The Balaban J connectivity index is 2.06. The largest absolute Gasteiger partial charge is 0.457 e. The Kier molecular flexibility index (Phi) is 4.20. The van der Waals surface area contributed by atoms with E-state index in [1.807, 2.05) is 0 Å². The molecule has 0 aromatic heterocycles. The number of halogens is 3. The van der Waals surface area contributed by atoms with Crippen molar-refractivity contribution < 1.29 is 23.0 Å². The molecule has 1 N–H and O–H groups in total. The molecule has 1 aliphatic carbocycles. The minimum atomic E-state index is -3.29. The maximum absolute atomic E-state index is 13.9. The van der Waals surface area contributed by atoms with E-state index < -0.39 is 24.3 Å². The summed E-state index contributed by atoms with van der Waals surface area (Å²) in [4.78, 5) is 0.541. The van der Waals surface area contributed by atoms with Gasteiger partial charge in [0.25, 0.3) is 5.92 Å². The number of thioether (sulfide) groups is 1. The van der Waals surface area contributed by atoms with Crippen molar-refractivity contribution in [1.82, 2.24) is 0 Å². The molecular weight excluding hydrogens is 339 g/mol. The van der Waals surface area contributed by atoms with Gasteiger partial charge in [0.15, 0.2) is 0 Å². The lowest BCUT2D eigenvalue weighted by Crippen LogP contribution is -2.21. The topological polar surface area (TPSA) is 53.2 Å². The molecule has 0 saturated heterocycles. The molecule has 1 unspecified atom stereocenters. The minimum Gasteiger partial charge on any atom is -0.457 e. The van der Waals surface area contributed by atoms with Crippen LogP contribution in [0, 0.1) is 17.1 Å². The Labute approximate surface area is 140 Å². The van der Waals surface area contributed by atoms with Crippen LogP contribution in [-0.4, -0.2) is 17.3 Å². The first-order valence-electron chi connectivity index (χ1n) is 7.00. The summed E-state index contributed by atoms with van der Waals surface area (Å²) >= 11 is 1.25. The summed E-state index contributed by atoms with van der Waals surface area (Å²) in [6, 6.07) is 8.33. The highest BCUT2D eigenvalue weighted by molar-refractivity contribution is 7.98. The van der Waals surface area contributed by atoms with Crippen molar-refractivity contribution in [3.8, 4) is 17.6 Å². The third kappa shape index (κ3) is 2.83. The van der Waals surface area contributed by atoms with Gasteiger partial charge >= 0.3 is 0 Å². The van der Waals surface area contributed by atoms with E-state index in [0.717, 1.165) is 12.1 Å². The number of aliphatic hydroxyl groups excluding tert-OH is 1. The van der Waals surface area contributed by atoms with Crippen LogP contribution in [0.5, 0.6) is 11.5 Å². The molecule has 2 aromatic carbocycles. The molecule has 124 valence electrons. The summed E-state index contributed by atoms with van der Waals surface area (Å²) in [5.41, 5.74) is 0.400. The lowest BCUT2D eigenvalue weighted by atomic mass is 10.1. The van der Waals surface area contributed by atoms with E-state index in [4.69, 9.17) is 10.00 Å². The van der Waals surface area contributed by atoms with Crippen LogP contribution in [0.25, 0.3) is 0 Å². The number of hydrogen-bond acceptors (Lipinski definition) is 4. The highest BCUT2D eigenvalue weighted by Crippen LogP contribution is 2.50. The molecule has 0 radical (unpaired) electrons. The van der Waals surface area contributed by atoms with Crippen molar-refractivity contribution in [3.05, 3.63) is 52.8 Å². The molecule has 24 heavy (non-hydrogen) atoms. The van der Waals surface area contributed by atoms with Gasteiger partial charge in [0, 0.05) is 28.5 Å². The molecule has 0 fully saturated rings. The average molecular weight is 351 g/mol. The highest BCUT2D eigenvalue weighted by Gasteiger charge is 2.49. The summed E-state index contributed by atoms with van der Waals surface area (Å²) in [5.74, 6) is -3.79. The third-order valence-electron chi connectivity index (χ3n) is 3.81. The molecule has 2 aromatic rings. The van der Waals surface area contributed by atoms with E-state index in [-0.39, 0.29) is 28.2 Å². The normalized spacial score (nSPS) is 18.1. The van der Waals surface area contributed by atoms with Crippen LogP contribution in [0.3, 0.4) is 0 Å². The highest BCUT2D eigenvalue weighted by atomic mass is 32.2. The smallest absolute Gasteiger partial charge is 0.281 e. The Morgan fingerprint density at radius 3 is 2.75 bits per heavy atom. The fraction of sp³-hybridized carbons (Fsp3) is 0.235. The van der Waals surface area contributed by atoms with Gasteiger partial charge in [0.05, 0.1) is 11.6 Å². The first kappa shape index (κ1) is 16.7. The number of rotatable bonds is 3. The SMILES string of the molecule is CSc1ccc(Oc2cc(F)cc(C#N)c2)c2c1C(O)C(F)(F)C2. The number of nitriles is 1. The summed E-state index contributed by atoms with van der Waals surface area (Å²) in [5, 5.41) is 18.8. The first-order valence-corrected chi connectivity index (χ1v) is 8.22. The summed E-state index contributed by atoms with van der Waals surface area (Å²) < 4.78 is 46.9. The molecule has 0 amide bonds. The zero-order valence-corrected chi connectivity index (χ0v) is 13.3. The zero-order valence-electron chi connectivity index (χ0n) is 12.5. The van der Waals surface area contributed by atoms with Crippen LogP contribution in [0.15, 0.2) is 35.2 Å².